The van der Waals surface area contributed by atoms with Gasteiger partial charge in [0.25, 0.3) is 0 Å². The Morgan fingerprint density at radius 1 is 1.16 bits per heavy atom. The molecule has 1 amide bonds. The molecule has 142 valence electrons. The molecule has 0 aliphatic rings. The van der Waals surface area contributed by atoms with Gasteiger partial charge in [-0.05, 0) is 68.3 Å². The Morgan fingerprint density at radius 3 is 2.32 bits per heavy atom. The number of aromatic nitrogens is 2. The molecule has 0 bridgehead atoms. The molecular formula is C15H29N7O3. The SMILES string of the molecule is Cn1cc([N+](=O)[O-])nc1C(=O)NCCCNCCCCNCCCN. The number of aryl methyl sites for hydroxylation is 1. The zero-order valence-electron chi connectivity index (χ0n) is 14.8. The number of unbranched alkanes of at least 4 members (excludes halogenated alkanes) is 1. The van der Waals surface area contributed by atoms with Crippen LogP contribution in [0.15, 0.2) is 6.20 Å². The standard InChI is InChI=1S/C15H29N7O3/c1-21-12-13(22(24)25)20-14(21)15(23)19-11-5-10-18-8-3-2-7-17-9-4-6-16/h12,17-18H,2-11,16H2,1H3,(H,19,23). The molecule has 0 saturated carbocycles. The average Bonchev–Trinajstić information content (AvgIpc) is 2.98. The summed E-state index contributed by atoms with van der Waals surface area (Å²) < 4.78 is 1.35. The number of amides is 1. The van der Waals surface area contributed by atoms with Gasteiger partial charge in [0.05, 0.1) is 0 Å². The highest BCUT2D eigenvalue weighted by molar-refractivity contribution is 5.91. The van der Waals surface area contributed by atoms with E-state index >= 15 is 0 Å². The van der Waals surface area contributed by atoms with E-state index in [0.717, 1.165) is 58.4 Å². The maximum atomic E-state index is 11.9. The summed E-state index contributed by atoms with van der Waals surface area (Å²) in [5.74, 6) is -0.687. The summed E-state index contributed by atoms with van der Waals surface area (Å²) in [6, 6.07) is 0. The third-order valence-electron chi connectivity index (χ3n) is 3.58. The molecule has 25 heavy (non-hydrogen) atoms. The molecule has 10 heteroatoms. The molecule has 1 aromatic heterocycles. The number of rotatable bonds is 14. The normalized spacial score (nSPS) is 10.8. The van der Waals surface area contributed by atoms with Crippen LogP contribution in [0.2, 0.25) is 0 Å². The first-order valence-corrected chi connectivity index (χ1v) is 8.63. The van der Waals surface area contributed by atoms with Crippen LogP contribution in [0.5, 0.6) is 0 Å². The number of imidazole rings is 1. The minimum Gasteiger partial charge on any atom is -0.358 e. The molecule has 0 fully saturated rings. The summed E-state index contributed by atoms with van der Waals surface area (Å²) in [7, 11) is 1.56. The van der Waals surface area contributed by atoms with Crippen molar-refractivity contribution in [2.45, 2.75) is 25.7 Å². The van der Waals surface area contributed by atoms with Crippen LogP contribution in [0.25, 0.3) is 0 Å². The molecule has 0 unspecified atom stereocenters. The van der Waals surface area contributed by atoms with Crippen LogP contribution in [0.3, 0.4) is 0 Å². The number of nitrogens with two attached hydrogens (primary N) is 1. The first kappa shape index (κ1) is 21.0. The van der Waals surface area contributed by atoms with Gasteiger partial charge in [0, 0.05) is 13.6 Å². The van der Waals surface area contributed by atoms with Gasteiger partial charge < -0.3 is 36.4 Å². The number of nitro groups is 1. The quantitative estimate of drug-likeness (QED) is 0.205. The van der Waals surface area contributed by atoms with Gasteiger partial charge in [-0.1, -0.05) is 0 Å². The van der Waals surface area contributed by atoms with Gasteiger partial charge in [0.2, 0.25) is 0 Å². The van der Waals surface area contributed by atoms with E-state index in [-0.39, 0.29) is 11.6 Å². The summed E-state index contributed by atoms with van der Waals surface area (Å²) in [4.78, 5) is 25.7. The fourth-order valence-electron chi connectivity index (χ4n) is 2.22. The zero-order valence-corrected chi connectivity index (χ0v) is 14.8. The van der Waals surface area contributed by atoms with E-state index in [1.807, 2.05) is 0 Å². The Morgan fingerprint density at radius 2 is 1.76 bits per heavy atom. The van der Waals surface area contributed by atoms with Gasteiger partial charge >= 0.3 is 17.5 Å². The van der Waals surface area contributed by atoms with Crippen LogP contribution in [-0.2, 0) is 7.05 Å². The topological polar surface area (TPSA) is 140 Å². The van der Waals surface area contributed by atoms with Crippen molar-refractivity contribution in [1.82, 2.24) is 25.5 Å². The van der Waals surface area contributed by atoms with E-state index < -0.39 is 10.8 Å². The van der Waals surface area contributed by atoms with E-state index in [2.05, 4.69) is 20.9 Å². The van der Waals surface area contributed by atoms with Crippen molar-refractivity contribution in [3.05, 3.63) is 22.1 Å². The summed E-state index contributed by atoms with van der Waals surface area (Å²) in [6.45, 7) is 4.95. The summed E-state index contributed by atoms with van der Waals surface area (Å²) in [5, 5.41) is 20.0. The molecule has 1 rings (SSSR count). The lowest BCUT2D eigenvalue weighted by atomic mass is 10.3. The number of nitrogens with one attached hydrogen (secondary N) is 3. The highest BCUT2D eigenvalue weighted by Gasteiger charge is 2.22. The fourth-order valence-corrected chi connectivity index (χ4v) is 2.22. The molecule has 10 nitrogen and oxygen atoms in total. The smallest absolute Gasteiger partial charge is 0.358 e. The Hall–Kier alpha value is -2.04. The van der Waals surface area contributed by atoms with Gasteiger partial charge in [-0.15, -0.1) is 0 Å². The number of carbonyl (C=O) groups excluding carboxylic acids is 1. The van der Waals surface area contributed by atoms with E-state index in [9.17, 15) is 14.9 Å². The summed E-state index contributed by atoms with van der Waals surface area (Å²) in [6.07, 6.45) is 5.23. The highest BCUT2D eigenvalue weighted by atomic mass is 16.6. The van der Waals surface area contributed by atoms with Crippen LogP contribution in [-0.4, -0.2) is 59.7 Å². The van der Waals surface area contributed by atoms with Gasteiger partial charge in [-0.25, -0.2) is 0 Å². The lowest BCUT2D eigenvalue weighted by Crippen LogP contribution is -2.29. The lowest BCUT2D eigenvalue weighted by molar-refractivity contribution is -0.389. The fraction of sp³-hybridized carbons (Fsp3) is 0.733. The maximum Gasteiger partial charge on any atom is 0.382 e. The summed E-state index contributed by atoms with van der Waals surface area (Å²) in [5.41, 5.74) is 5.41. The second-order valence-electron chi connectivity index (χ2n) is 5.75. The predicted molar refractivity (Wildman–Crippen MR) is 95.5 cm³/mol. The third-order valence-corrected chi connectivity index (χ3v) is 3.58. The van der Waals surface area contributed by atoms with Crippen molar-refractivity contribution < 1.29 is 9.72 Å². The Kier molecular flexibility index (Phi) is 10.4. The van der Waals surface area contributed by atoms with Crippen molar-refractivity contribution in [3.8, 4) is 0 Å². The zero-order chi connectivity index (χ0) is 18.5. The van der Waals surface area contributed by atoms with Gasteiger partial charge in [-0.3, -0.25) is 4.79 Å². The van der Waals surface area contributed by atoms with E-state index in [4.69, 9.17) is 5.73 Å². The van der Waals surface area contributed by atoms with Crippen LogP contribution >= 0.6 is 0 Å². The largest absolute Gasteiger partial charge is 0.382 e. The molecule has 0 atom stereocenters. The van der Waals surface area contributed by atoms with Crippen molar-refractivity contribution >= 4 is 11.7 Å². The Bertz CT molecular complexity index is 533. The number of carbonyl (C=O) groups is 1. The van der Waals surface area contributed by atoms with Crippen LogP contribution in [0.1, 0.15) is 36.3 Å². The van der Waals surface area contributed by atoms with Crippen LogP contribution in [0.4, 0.5) is 5.82 Å². The molecule has 1 heterocycles. The van der Waals surface area contributed by atoms with E-state index in [0.29, 0.717) is 6.54 Å². The molecule has 0 aliphatic heterocycles. The summed E-state index contributed by atoms with van der Waals surface area (Å²) >= 11 is 0. The highest BCUT2D eigenvalue weighted by Crippen LogP contribution is 2.09. The second kappa shape index (κ2) is 12.3. The molecule has 0 spiro atoms. The van der Waals surface area contributed by atoms with E-state index in [1.54, 1.807) is 7.05 Å². The molecule has 0 aliphatic carbocycles. The monoisotopic (exact) mass is 355 g/mol. The van der Waals surface area contributed by atoms with Crippen LogP contribution in [0, 0.1) is 10.1 Å². The average molecular weight is 355 g/mol. The van der Waals surface area contributed by atoms with Crippen molar-refractivity contribution in [2.75, 3.05) is 39.3 Å². The number of hydrogen-bond acceptors (Lipinski definition) is 7. The van der Waals surface area contributed by atoms with Gasteiger partial charge in [-0.2, -0.15) is 0 Å². The molecule has 1 aromatic rings. The molecule has 5 N–H and O–H groups in total. The predicted octanol–water partition coefficient (Wildman–Crippen LogP) is -0.244. The number of hydrogen-bond donors (Lipinski definition) is 4. The first-order chi connectivity index (χ1) is 12.1. The van der Waals surface area contributed by atoms with Crippen molar-refractivity contribution in [2.24, 2.45) is 12.8 Å². The van der Waals surface area contributed by atoms with Crippen molar-refractivity contribution in [3.63, 3.8) is 0 Å². The second-order valence-corrected chi connectivity index (χ2v) is 5.75. The maximum absolute atomic E-state index is 11.9. The van der Waals surface area contributed by atoms with Crippen molar-refractivity contribution in [1.29, 1.82) is 0 Å². The Balaban J connectivity index is 2.03. The Labute approximate surface area is 147 Å². The lowest BCUT2D eigenvalue weighted by Gasteiger charge is -2.06. The molecule has 0 aromatic carbocycles. The minimum atomic E-state index is -0.617. The first-order valence-electron chi connectivity index (χ1n) is 8.63. The molecule has 0 radical (unpaired) electrons. The van der Waals surface area contributed by atoms with Crippen LogP contribution < -0.4 is 21.7 Å². The molecular weight excluding hydrogens is 326 g/mol. The van der Waals surface area contributed by atoms with E-state index in [1.165, 1.54) is 10.8 Å². The van der Waals surface area contributed by atoms with Gasteiger partial charge in [0.1, 0.15) is 6.20 Å². The molecule has 0 saturated heterocycles. The third kappa shape index (κ3) is 8.57. The van der Waals surface area contributed by atoms with Gasteiger partial charge in [0.15, 0.2) is 0 Å². The minimum absolute atomic E-state index is 0.0433. The number of nitrogens with zero attached hydrogens (tertiary/aromatic N) is 3.